The molecule has 5 rings (SSSR count). The molecule has 2 aliphatic heterocycles. The van der Waals surface area contributed by atoms with E-state index in [1.54, 1.807) is 52.0 Å². The zero-order valence-corrected chi connectivity index (χ0v) is 60.9. The number of nitrogens with one attached hydrogen (secondary N) is 3. The number of benzene rings is 2. The van der Waals surface area contributed by atoms with Gasteiger partial charge in [0.05, 0.1) is 36.6 Å². The molecular weight excluding hydrogens is 1330 g/mol. The van der Waals surface area contributed by atoms with Crippen molar-refractivity contribution in [2.75, 3.05) is 89.1 Å². The van der Waals surface area contributed by atoms with E-state index in [0.717, 1.165) is 78.5 Å². The molecule has 3 fully saturated rings. The molecule has 0 aromatic heterocycles. The minimum atomic E-state index is -4.80. The molecular formula is C70H101Cl2F3N12O12. The van der Waals surface area contributed by atoms with Gasteiger partial charge in [-0.2, -0.15) is 13.2 Å². The van der Waals surface area contributed by atoms with Crippen molar-refractivity contribution in [3.63, 3.8) is 0 Å². The maximum absolute atomic E-state index is 15.3. The molecule has 29 heteroatoms. The monoisotopic (exact) mass is 1430 g/mol. The normalized spacial score (nSPS) is 24.8. The van der Waals surface area contributed by atoms with E-state index in [4.69, 9.17) is 23.2 Å². The van der Waals surface area contributed by atoms with E-state index in [2.05, 4.69) is 22.5 Å². The van der Waals surface area contributed by atoms with Crippen LogP contribution in [-0.4, -0.2) is 252 Å². The molecule has 12 amide bonds. The van der Waals surface area contributed by atoms with Gasteiger partial charge in [0.15, 0.2) is 0 Å². The second-order valence-corrected chi connectivity index (χ2v) is 27.9. The molecule has 24 nitrogen and oxygen atoms in total. The van der Waals surface area contributed by atoms with Crippen molar-refractivity contribution in [1.82, 2.24) is 60.0 Å². The van der Waals surface area contributed by atoms with Gasteiger partial charge in [0.2, 0.25) is 70.9 Å². The Hall–Kier alpha value is -7.81. The van der Waals surface area contributed by atoms with Gasteiger partial charge in [-0.15, -0.1) is 6.58 Å². The predicted octanol–water partition coefficient (Wildman–Crippen LogP) is 5.45. The maximum Gasteiger partial charge on any atom is 0.417 e. The van der Waals surface area contributed by atoms with Gasteiger partial charge in [-0.05, 0) is 92.5 Å². The Kier molecular flexibility index (Phi) is 30.6. The topological polar surface area (TPSA) is 270 Å². The SMILES string of the molecule is C=CC[C@H]1NC(=O)[C@H](Cc2ccccc2Cl)N(C)C(=O)[C@H](CCc2ccc(C(F)(F)F)c(Cl)c2)NC(=O)CN(C)C(=O)[C@@H](CC2CCCCC2)N(C)C(=O)CN(C)C(=O)CN(C)C(=O)[C@H]([C@@H](C)CC)NC(=O)[C@H](C)N(C)C(=O)C[C@@H](C(=O)N2CCCC2)N(C)C(=O)[C@H](C(C)C)N(C)C1=O. The van der Waals surface area contributed by atoms with E-state index in [-0.39, 0.29) is 48.6 Å². The van der Waals surface area contributed by atoms with Crippen LogP contribution in [0.1, 0.15) is 128 Å². The van der Waals surface area contributed by atoms with Crippen molar-refractivity contribution in [3.8, 4) is 0 Å². The molecule has 0 unspecified atom stereocenters. The lowest BCUT2D eigenvalue weighted by molar-refractivity contribution is -0.154. The summed E-state index contributed by atoms with van der Waals surface area (Å²) in [6.07, 6.45) is 1.05. The first-order valence-corrected chi connectivity index (χ1v) is 34.6. The van der Waals surface area contributed by atoms with Crippen LogP contribution in [0, 0.1) is 17.8 Å². The van der Waals surface area contributed by atoms with Crippen molar-refractivity contribution in [3.05, 3.63) is 81.9 Å². The second kappa shape index (κ2) is 37.0. The van der Waals surface area contributed by atoms with Crippen LogP contribution in [-0.2, 0) is 76.6 Å². The minimum Gasteiger partial charge on any atom is -0.343 e. The van der Waals surface area contributed by atoms with Crippen molar-refractivity contribution in [1.29, 1.82) is 0 Å². The molecule has 0 spiro atoms. The molecule has 99 heavy (non-hydrogen) atoms. The van der Waals surface area contributed by atoms with E-state index in [1.165, 1.54) is 85.2 Å². The predicted molar refractivity (Wildman–Crippen MR) is 368 cm³/mol. The summed E-state index contributed by atoms with van der Waals surface area (Å²) < 4.78 is 41.7. The van der Waals surface area contributed by atoms with Gasteiger partial charge in [0, 0.05) is 80.9 Å². The lowest BCUT2D eigenvalue weighted by Crippen LogP contribution is -2.61. The van der Waals surface area contributed by atoms with Crippen molar-refractivity contribution in [2.24, 2.45) is 17.8 Å². The van der Waals surface area contributed by atoms with Crippen LogP contribution >= 0.6 is 23.2 Å². The number of halogens is 5. The van der Waals surface area contributed by atoms with Gasteiger partial charge in [-0.1, -0.05) is 120 Å². The smallest absolute Gasteiger partial charge is 0.343 e. The van der Waals surface area contributed by atoms with Crippen LogP contribution in [0.2, 0.25) is 10.0 Å². The maximum atomic E-state index is 15.3. The lowest BCUT2D eigenvalue weighted by Gasteiger charge is -2.39. The van der Waals surface area contributed by atoms with Crippen molar-refractivity contribution >= 4 is 94.1 Å². The van der Waals surface area contributed by atoms with Crippen molar-refractivity contribution < 1.29 is 70.7 Å². The first kappa shape index (κ1) is 81.9. The quantitative estimate of drug-likeness (QED) is 0.212. The summed E-state index contributed by atoms with van der Waals surface area (Å²) in [5.74, 6) is -10.2. The van der Waals surface area contributed by atoms with Crippen molar-refractivity contribution in [2.45, 2.75) is 179 Å². The summed E-state index contributed by atoms with van der Waals surface area (Å²) in [7, 11) is 10.7. The van der Waals surface area contributed by atoms with Crippen LogP contribution in [0.25, 0.3) is 0 Å². The van der Waals surface area contributed by atoms with E-state index < -0.39 is 174 Å². The highest BCUT2D eigenvalue weighted by Gasteiger charge is 2.44. The van der Waals surface area contributed by atoms with Gasteiger partial charge in [-0.25, -0.2) is 0 Å². The largest absolute Gasteiger partial charge is 0.417 e. The molecule has 3 N–H and O–H groups in total. The molecule has 0 bridgehead atoms. The Bertz CT molecular complexity index is 3260. The van der Waals surface area contributed by atoms with Gasteiger partial charge in [0.1, 0.15) is 48.3 Å². The van der Waals surface area contributed by atoms with Crippen LogP contribution in [0.3, 0.4) is 0 Å². The summed E-state index contributed by atoms with van der Waals surface area (Å²) in [6.45, 7) is 11.0. The lowest BCUT2D eigenvalue weighted by atomic mass is 9.84. The van der Waals surface area contributed by atoms with Gasteiger partial charge in [0.25, 0.3) is 0 Å². The first-order chi connectivity index (χ1) is 46.4. The number of alkyl halides is 3. The number of hydrogen-bond donors (Lipinski definition) is 3. The number of likely N-dealkylation sites (N-methyl/N-ethyl adjacent to an activating group) is 8. The molecule has 1 aliphatic carbocycles. The molecule has 1 saturated carbocycles. The van der Waals surface area contributed by atoms with Gasteiger partial charge >= 0.3 is 6.18 Å². The molecule has 2 aromatic rings. The number of hydrogen-bond acceptors (Lipinski definition) is 12. The van der Waals surface area contributed by atoms with Crippen LogP contribution in [0.5, 0.6) is 0 Å². The number of carbonyl (C=O) groups is 12. The zero-order valence-electron chi connectivity index (χ0n) is 59.4. The highest BCUT2D eigenvalue weighted by molar-refractivity contribution is 6.31. The Labute approximate surface area is 589 Å². The Balaban J connectivity index is 1.64. The fraction of sp³-hybridized carbons (Fsp3) is 0.629. The number of carbonyl (C=O) groups excluding carboxylic acids is 12. The molecule has 2 aromatic carbocycles. The minimum absolute atomic E-state index is 0.0121. The van der Waals surface area contributed by atoms with E-state index in [9.17, 15) is 51.5 Å². The second-order valence-electron chi connectivity index (χ2n) is 27.1. The molecule has 2 heterocycles. The third-order valence-electron chi connectivity index (χ3n) is 19.6. The summed E-state index contributed by atoms with van der Waals surface area (Å²) >= 11 is 12.9. The Morgan fingerprint density at radius 1 is 0.636 bits per heavy atom. The van der Waals surface area contributed by atoms with E-state index >= 15 is 19.2 Å². The standard InChI is InChI=1S/C70H101Cl2F3N12O12/c1-15-24-51-65(95)86(14)61(42(3)4)69(99)85(13)55(67(97)87-33-22-23-34-87)38-57(89)82(10)44(6)62(92)78-60(43(5)16-2)68(98)81(9)40-58(90)79(7)41-59(91)83(11)54(36-45-25-18-17-19-26-45)66(96)80(8)39-56(88)76-52(32-30-46-29-31-48(50(72)35-46)70(73,74)75)64(94)84(12)53(63(93)77-51)37-47-27-20-21-28-49(47)71/h15,20-21,27-29,31,35,42-45,51-55,60-61H,1,16-19,22-26,30,32-34,36-41H2,2-14H3,(H,76,88)(H,77,93)(H,78,92)/t43-,44-,51+,52-,53-,54+,55-,60-,61-/m0/s1. The average molecular weight is 1430 g/mol. The molecule has 9 atom stereocenters. The van der Waals surface area contributed by atoms with E-state index in [0.29, 0.717) is 37.9 Å². The molecule has 3 aliphatic rings. The van der Waals surface area contributed by atoms with E-state index in [1.807, 2.05) is 0 Å². The summed E-state index contributed by atoms with van der Waals surface area (Å²) in [4.78, 5) is 187. The number of likely N-dealkylation sites (tertiary alicyclic amines) is 1. The third-order valence-corrected chi connectivity index (χ3v) is 20.3. The van der Waals surface area contributed by atoms with Crippen LogP contribution < -0.4 is 16.0 Å². The molecule has 548 valence electrons. The zero-order chi connectivity index (χ0) is 74.1. The highest BCUT2D eigenvalue weighted by atomic mass is 35.5. The Morgan fingerprint density at radius 2 is 1.24 bits per heavy atom. The summed E-state index contributed by atoms with van der Waals surface area (Å²) in [6, 6.07) is -1.57. The fourth-order valence-corrected chi connectivity index (χ4v) is 13.4. The highest BCUT2D eigenvalue weighted by Crippen LogP contribution is 2.36. The number of aryl methyl sites for hydroxylation is 1. The first-order valence-electron chi connectivity index (χ1n) is 33.9. The average Bonchev–Trinajstić information content (AvgIpc) is 1.32. The molecule has 2 saturated heterocycles. The van der Waals surface area contributed by atoms with Gasteiger partial charge in [-0.3, -0.25) is 57.5 Å². The number of amides is 12. The molecule has 0 radical (unpaired) electrons. The summed E-state index contributed by atoms with van der Waals surface area (Å²) in [5, 5.41) is 7.80. The number of rotatable bonds is 13. The summed E-state index contributed by atoms with van der Waals surface area (Å²) in [5.41, 5.74) is -0.502. The van der Waals surface area contributed by atoms with Crippen LogP contribution in [0.15, 0.2) is 55.1 Å². The van der Waals surface area contributed by atoms with Crippen LogP contribution in [0.4, 0.5) is 13.2 Å². The Morgan fingerprint density at radius 3 is 1.83 bits per heavy atom. The third kappa shape index (κ3) is 21.8. The fourth-order valence-electron chi connectivity index (χ4n) is 12.9. The number of nitrogens with zero attached hydrogens (tertiary/aromatic N) is 9. The van der Waals surface area contributed by atoms with Gasteiger partial charge < -0.3 is 60.0 Å².